The van der Waals surface area contributed by atoms with Crippen LogP contribution in [0.3, 0.4) is 0 Å². The molecule has 0 heterocycles. The van der Waals surface area contributed by atoms with Crippen LogP contribution >= 0.6 is 0 Å². The summed E-state index contributed by atoms with van der Waals surface area (Å²) in [5.41, 5.74) is 5.77. The zero-order valence-corrected chi connectivity index (χ0v) is 9.19. The molecule has 0 aromatic heterocycles. The van der Waals surface area contributed by atoms with E-state index in [1.54, 1.807) is 0 Å². The number of anilines is 1. The summed E-state index contributed by atoms with van der Waals surface area (Å²) >= 11 is 0. The predicted molar refractivity (Wildman–Crippen MR) is 54.7 cm³/mol. The highest BCUT2D eigenvalue weighted by Crippen LogP contribution is 2.27. The van der Waals surface area contributed by atoms with Crippen LogP contribution in [0.4, 0.5) is 18.9 Å². The molecule has 90 valence electrons. The number of rotatable bonds is 3. The van der Waals surface area contributed by atoms with Crippen LogP contribution in [0.5, 0.6) is 5.75 Å². The summed E-state index contributed by atoms with van der Waals surface area (Å²) in [4.78, 5) is -0.00553. The summed E-state index contributed by atoms with van der Waals surface area (Å²) in [5.74, 6) is -1.30. The van der Waals surface area contributed by atoms with Crippen molar-refractivity contribution in [3.05, 3.63) is 18.2 Å². The fraction of sp³-hybridized carbons (Fsp3) is 0.333. The lowest BCUT2D eigenvalue weighted by Crippen LogP contribution is -2.18. The molecule has 0 bridgehead atoms. The summed E-state index contributed by atoms with van der Waals surface area (Å²) < 4.78 is 52.4. The van der Waals surface area contributed by atoms with Gasteiger partial charge in [-0.2, -0.15) is 13.2 Å². The molecule has 1 rings (SSSR count). The maximum absolute atomic E-state index is 12.0. The molecule has 2 N–H and O–H groups in total. The molecule has 7 heteroatoms. The lowest BCUT2D eigenvalue weighted by Gasteiger charge is -2.10. The van der Waals surface area contributed by atoms with E-state index in [0.29, 0.717) is 5.69 Å². The molecule has 0 aliphatic rings. The maximum atomic E-state index is 12.0. The Labute approximate surface area is 92.9 Å². The SMILES string of the molecule is COc1cc(N)ccc1S(=O)CC(F)(F)F. The van der Waals surface area contributed by atoms with Crippen molar-refractivity contribution >= 4 is 16.5 Å². The van der Waals surface area contributed by atoms with Gasteiger partial charge in [-0.1, -0.05) is 0 Å². The van der Waals surface area contributed by atoms with Gasteiger partial charge in [0, 0.05) is 11.8 Å². The Morgan fingerprint density at radius 2 is 2.06 bits per heavy atom. The number of hydrogen-bond donors (Lipinski definition) is 1. The summed E-state index contributed by atoms with van der Waals surface area (Å²) in [7, 11) is -0.897. The number of nitrogen functional groups attached to an aromatic ring is 1. The largest absolute Gasteiger partial charge is 0.495 e. The molecule has 0 fully saturated rings. The Hall–Kier alpha value is -1.24. The molecule has 0 amide bonds. The van der Waals surface area contributed by atoms with Crippen molar-refractivity contribution in [2.24, 2.45) is 0 Å². The Morgan fingerprint density at radius 1 is 1.44 bits per heavy atom. The van der Waals surface area contributed by atoms with Crippen LogP contribution in [0.15, 0.2) is 23.1 Å². The average molecular weight is 253 g/mol. The number of benzene rings is 1. The zero-order chi connectivity index (χ0) is 12.3. The van der Waals surface area contributed by atoms with Gasteiger partial charge in [0.25, 0.3) is 0 Å². The summed E-state index contributed by atoms with van der Waals surface area (Å²) in [6.07, 6.45) is -4.47. The normalized spacial score (nSPS) is 13.5. The van der Waals surface area contributed by atoms with Crippen molar-refractivity contribution in [2.45, 2.75) is 11.1 Å². The van der Waals surface area contributed by atoms with Crippen molar-refractivity contribution in [2.75, 3.05) is 18.6 Å². The van der Waals surface area contributed by atoms with Crippen molar-refractivity contribution in [1.82, 2.24) is 0 Å². The topological polar surface area (TPSA) is 52.3 Å². The van der Waals surface area contributed by atoms with E-state index in [0.717, 1.165) is 0 Å². The van der Waals surface area contributed by atoms with Gasteiger partial charge in [0.1, 0.15) is 11.5 Å². The smallest absolute Gasteiger partial charge is 0.400 e. The van der Waals surface area contributed by atoms with Crippen LogP contribution in [-0.4, -0.2) is 23.2 Å². The van der Waals surface area contributed by atoms with Gasteiger partial charge in [0.2, 0.25) is 0 Å². The third-order valence-electron chi connectivity index (χ3n) is 1.73. The van der Waals surface area contributed by atoms with Crippen LogP contribution in [0.2, 0.25) is 0 Å². The summed E-state index contributed by atoms with van der Waals surface area (Å²) in [5, 5.41) is 0. The second kappa shape index (κ2) is 4.73. The van der Waals surface area contributed by atoms with Gasteiger partial charge >= 0.3 is 6.18 Å². The molecule has 3 nitrogen and oxygen atoms in total. The van der Waals surface area contributed by atoms with Gasteiger partial charge in [0.05, 0.1) is 22.8 Å². The van der Waals surface area contributed by atoms with Crippen LogP contribution in [0.1, 0.15) is 0 Å². The van der Waals surface area contributed by atoms with Gasteiger partial charge in [0.15, 0.2) is 0 Å². The fourth-order valence-electron chi connectivity index (χ4n) is 1.10. The Morgan fingerprint density at radius 3 is 2.56 bits per heavy atom. The standard InChI is InChI=1S/C9H10F3NO2S/c1-15-7-4-6(13)2-3-8(7)16(14)5-9(10,11)12/h2-4H,5,13H2,1H3. The van der Waals surface area contributed by atoms with Crippen LogP contribution in [-0.2, 0) is 10.8 Å². The molecule has 0 radical (unpaired) electrons. The van der Waals surface area contributed by atoms with Crippen molar-refractivity contribution in [3.63, 3.8) is 0 Å². The van der Waals surface area contributed by atoms with E-state index in [-0.39, 0.29) is 10.6 Å². The molecule has 0 aliphatic carbocycles. The summed E-state index contributed by atoms with van der Waals surface area (Å²) in [6.45, 7) is 0. The van der Waals surface area contributed by atoms with E-state index < -0.39 is 22.7 Å². The van der Waals surface area contributed by atoms with E-state index in [4.69, 9.17) is 10.5 Å². The lowest BCUT2D eigenvalue weighted by atomic mass is 10.3. The molecule has 0 aliphatic heterocycles. The first-order valence-electron chi connectivity index (χ1n) is 4.22. The molecule has 1 atom stereocenters. The molecule has 16 heavy (non-hydrogen) atoms. The third kappa shape index (κ3) is 3.41. The highest BCUT2D eigenvalue weighted by molar-refractivity contribution is 7.85. The second-order valence-electron chi connectivity index (χ2n) is 3.02. The first-order valence-corrected chi connectivity index (χ1v) is 5.54. The van der Waals surface area contributed by atoms with Crippen molar-refractivity contribution < 1.29 is 22.1 Å². The molecular formula is C9H10F3NO2S. The number of ether oxygens (including phenoxy) is 1. The van der Waals surface area contributed by atoms with E-state index >= 15 is 0 Å². The minimum absolute atomic E-state index is 0.00553. The van der Waals surface area contributed by atoms with Crippen molar-refractivity contribution in [1.29, 1.82) is 0 Å². The molecular weight excluding hydrogens is 243 g/mol. The van der Waals surface area contributed by atoms with Crippen LogP contribution in [0, 0.1) is 0 Å². The Balaban J connectivity index is 2.99. The molecule has 0 saturated heterocycles. The van der Waals surface area contributed by atoms with Gasteiger partial charge in [-0.05, 0) is 12.1 Å². The lowest BCUT2D eigenvalue weighted by molar-refractivity contribution is -0.105. The minimum atomic E-state index is -4.47. The number of halogens is 3. The van der Waals surface area contributed by atoms with Crippen LogP contribution in [0.25, 0.3) is 0 Å². The average Bonchev–Trinajstić information content (AvgIpc) is 2.14. The fourth-order valence-corrected chi connectivity index (χ4v) is 2.14. The highest BCUT2D eigenvalue weighted by atomic mass is 32.2. The van der Waals surface area contributed by atoms with Crippen LogP contribution < -0.4 is 10.5 Å². The van der Waals surface area contributed by atoms with Gasteiger partial charge in [-0.15, -0.1) is 0 Å². The first-order chi connectivity index (χ1) is 7.33. The Bertz CT molecular complexity index is 406. The number of nitrogens with two attached hydrogens (primary N) is 1. The third-order valence-corrected chi connectivity index (χ3v) is 3.15. The first kappa shape index (κ1) is 12.8. The van der Waals surface area contributed by atoms with E-state index in [9.17, 15) is 17.4 Å². The summed E-state index contributed by atoms with van der Waals surface area (Å²) in [6, 6.07) is 3.99. The highest BCUT2D eigenvalue weighted by Gasteiger charge is 2.32. The van der Waals surface area contributed by atoms with E-state index in [1.807, 2.05) is 0 Å². The minimum Gasteiger partial charge on any atom is -0.495 e. The Kier molecular flexibility index (Phi) is 3.79. The molecule has 0 saturated carbocycles. The quantitative estimate of drug-likeness (QED) is 0.838. The monoisotopic (exact) mass is 253 g/mol. The van der Waals surface area contributed by atoms with Crippen molar-refractivity contribution in [3.8, 4) is 5.75 Å². The zero-order valence-electron chi connectivity index (χ0n) is 8.38. The van der Waals surface area contributed by atoms with E-state index in [2.05, 4.69) is 0 Å². The molecule has 0 spiro atoms. The molecule has 1 aromatic rings. The predicted octanol–water partition coefficient (Wildman–Crippen LogP) is 1.95. The molecule has 1 unspecified atom stereocenters. The maximum Gasteiger partial charge on any atom is 0.400 e. The number of methoxy groups -OCH3 is 1. The number of hydrogen-bond acceptors (Lipinski definition) is 3. The second-order valence-corrected chi connectivity index (χ2v) is 4.43. The van der Waals surface area contributed by atoms with Gasteiger partial charge in [-0.3, -0.25) is 4.21 Å². The molecule has 1 aromatic carbocycles. The van der Waals surface area contributed by atoms with Gasteiger partial charge in [-0.25, -0.2) is 0 Å². The van der Waals surface area contributed by atoms with Gasteiger partial charge < -0.3 is 10.5 Å². The number of alkyl halides is 3. The van der Waals surface area contributed by atoms with E-state index in [1.165, 1.54) is 25.3 Å².